The van der Waals surface area contributed by atoms with Gasteiger partial charge in [-0.15, -0.1) is 0 Å². The zero-order valence-corrected chi connectivity index (χ0v) is 14.2. The van der Waals surface area contributed by atoms with Crippen LogP contribution >= 0.6 is 12.2 Å². The Morgan fingerprint density at radius 1 is 1.24 bits per heavy atom. The smallest absolute Gasteiger partial charge is 0.169 e. The Hall–Kier alpha value is -1.13. The quantitative estimate of drug-likeness (QED) is 0.722. The van der Waals surface area contributed by atoms with E-state index in [-0.39, 0.29) is 12.6 Å². The summed E-state index contributed by atoms with van der Waals surface area (Å²) >= 11 is 5.55. The average molecular weight is 308 g/mol. The zero-order chi connectivity index (χ0) is 15.7. The molecule has 0 aliphatic heterocycles. The summed E-state index contributed by atoms with van der Waals surface area (Å²) in [5.41, 5.74) is 1.24. The summed E-state index contributed by atoms with van der Waals surface area (Å²) in [7, 11) is 0. The third-order valence-electron chi connectivity index (χ3n) is 3.54. The summed E-state index contributed by atoms with van der Waals surface area (Å²) in [6, 6.07) is 10.6. The highest BCUT2D eigenvalue weighted by atomic mass is 32.1. The first kappa shape index (κ1) is 17.9. The first-order valence-electron chi connectivity index (χ1n) is 7.81. The fraction of sp³-hybridized carbons (Fsp3) is 0.588. The second kappa shape index (κ2) is 9.74. The van der Waals surface area contributed by atoms with Crippen molar-refractivity contribution in [1.29, 1.82) is 0 Å². The van der Waals surface area contributed by atoms with E-state index in [1.165, 1.54) is 5.56 Å². The lowest BCUT2D eigenvalue weighted by molar-refractivity contribution is 0.245. The molecule has 0 heterocycles. The number of hydrogen-bond donors (Lipinski definition) is 2. The van der Waals surface area contributed by atoms with Gasteiger partial charge in [-0.1, -0.05) is 57.5 Å². The lowest BCUT2D eigenvalue weighted by atomic mass is 9.96. The molecule has 1 rings (SSSR count). The van der Waals surface area contributed by atoms with E-state index >= 15 is 0 Å². The molecule has 0 aliphatic rings. The fourth-order valence-corrected chi connectivity index (χ4v) is 2.61. The summed E-state index contributed by atoms with van der Waals surface area (Å²) in [4.78, 5) is 2.07. The topological polar surface area (TPSA) is 35.5 Å². The van der Waals surface area contributed by atoms with E-state index in [4.69, 9.17) is 12.2 Å². The molecule has 4 heteroatoms. The summed E-state index contributed by atoms with van der Waals surface area (Å²) in [5, 5.41) is 13.4. The molecule has 0 radical (unpaired) electrons. The molecule has 0 bridgehead atoms. The van der Waals surface area contributed by atoms with Crippen LogP contribution in [0.3, 0.4) is 0 Å². The lowest BCUT2D eigenvalue weighted by Crippen LogP contribution is -2.44. The van der Waals surface area contributed by atoms with Gasteiger partial charge in [0.1, 0.15) is 0 Å². The van der Waals surface area contributed by atoms with Gasteiger partial charge in [0.2, 0.25) is 0 Å². The number of unbranched alkanes of at least 4 members (excludes halogenated alkanes) is 1. The van der Waals surface area contributed by atoms with E-state index in [0.29, 0.717) is 12.5 Å². The van der Waals surface area contributed by atoms with Crippen molar-refractivity contribution in [2.75, 3.05) is 19.7 Å². The van der Waals surface area contributed by atoms with Crippen molar-refractivity contribution in [2.24, 2.45) is 5.92 Å². The van der Waals surface area contributed by atoms with Gasteiger partial charge in [0.25, 0.3) is 0 Å². The molecule has 0 fully saturated rings. The predicted octanol–water partition coefficient (Wildman–Crippen LogP) is 3.35. The van der Waals surface area contributed by atoms with E-state index in [0.717, 1.165) is 24.5 Å². The van der Waals surface area contributed by atoms with Gasteiger partial charge in [0.15, 0.2) is 5.11 Å². The molecule has 1 aromatic carbocycles. The summed E-state index contributed by atoms with van der Waals surface area (Å²) < 4.78 is 0. The van der Waals surface area contributed by atoms with E-state index in [1.54, 1.807) is 0 Å². The Kier molecular flexibility index (Phi) is 8.31. The van der Waals surface area contributed by atoms with E-state index in [2.05, 4.69) is 55.3 Å². The van der Waals surface area contributed by atoms with Gasteiger partial charge in [-0.3, -0.25) is 0 Å². The number of benzene rings is 1. The number of nitrogens with zero attached hydrogens (tertiary/aromatic N) is 1. The maximum Gasteiger partial charge on any atom is 0.169 e. The minimum absolute atomic E-state index is 0.128. The average Bonchev–Trinajstić information content (AvgIpc) is 2.49. The van der Waals surface area contributed by atoms with E-state index in [9.17, 15) is 5.11 Å². The molecule has 0 saturated heterocycles. The van der Waals surface area contributed by atoms with Gasteiger partial charge >= 0.3 is 0 Å². The van der Waals surface area contributed by atoms with Crippen molar-refractivity contribution in [2.45, 2.75) is 39.7 Å². The van der Waals surface area contributed by atoms with Crippen molar-refractivity contribution in [3.8, 4) is 0 Å². The van der Waals surface area contributed by atoms with Crippen molar-refractivity contribution in [3.63, 3.8) is 0 Å². The number of rotatable bonds is 8. The molecule has 0 saturated carbocycles. The number of thiocarbonyl (C=S) groups is 1. The van der Waals surface area contributed by atoms with Crippen LogP contribution in [-0.2, 0) is 0 Å². The molecule has 118 valence electrons. The molecule has 3 nitrogen and oxygen atoms in total. The molecule has 1 unspecified atom stereocenters. The van der Waals surface area contributed by atoms with Gasteiger partial charge in [0, 0.05) is 13.1 Å². The van der Waals surface area contributed by atoms with Crippen LogP contribution in [0.5, 0.6) is 0 Å². The summed E-state index contributed by atoms with van der Waals surface area (Å²) in [5.74, 6) is 0.438. The van der Waals surface area contributed by atoms with Crippen LogP contribution < -0.4 is 5.32 Å². The Labute approximate surface area is 134 Å². The normalized spacial score (nSPS) is 12.2. The monoisotopic (exact) mass is 308 g/mol. The van der Waals surface area contributed by atoms with Crippen molar-refractivity contribution in [3.05, 3.63) is 35.9 Å². The maximum atomic E-state index is 9.22. The van der Waals surface area contributed by atoms with Crippen LogP contribution in [0.2, 0.25) is 0 Å². The van der Waals surface area contributed by atoms with Gasteiger partial charge < -0.3 is 15.3 Å². The number of aliphatic hydroxyl groups is 1. The number of nitrogens with one attached hydrogen (secondary N) is 1. The predicted molar refractivity (Wildman–Crippen MR) is 93.3 cm³/mol. The molecule has 2 N–H and O–H groups in total. The van der Waals surface area contributed by atoms with Crippen molar-refractivity contribution in [1.82, 2.24) is 10.2 Å². The van der Waals surface area contributed by atoms with E-state index in [1.807, 2.05) is 6.07 Å². The molecule has 0 aromatic heterocycles. The van der Waals surface area contributed by atoms with Crippen LogP contribution in [0.1, 0.15) is 45.2 Å². The van der Waals surface area contributed by atoms with Gasteiger partial charge in [-0.2, -0.15) is 0 Å². The maximum absolute atomic E-state index is 9.22. The number of aliphatic hydroxyl groups excluding tert-OH is 1. The van der Waals surface area contributed by atoms with Gasteiger partial charge in [0.05, 0.1) is 12.6 Å². The first-order valence-corrected chi connectivity index (χ1v) is 8.22. The van der Waals surface area contributed by atoms with Crippen LogP contribution in [-0.4, -0.2) is 34.8 Å². The van der Waals surface area contributed by atoms with Gasteiger partial charge in [-0.05, 0) is 30.1 Å². The third kappa shape index (κ3) is 6.02. The van der Waals surface area contributed by atoms with Crippen LogP contribution in [0, 0.1) is 5.92 Å². The molecule has 1 atom stereocenters. The lowest BCUT2D eigenvalue weighted by Gasteiger charge is -2.30. The minimum atomic E-state index is 0.128. The second-order valence-electron chi connectivity index (χ2n) is 5.65. The highest BCUT2D eigenvalue weighted by Crippen LogP contribution is 2.21. The van der Waals surface area contributed by atoms with E-state index < -0.39 is 0 Å². The van der Waals surface area contributed by atoms with Crippen LogP contribution in [0.15, 0.2) is 30.3 Å². The SMILES string of the molecule is CCCCN(CCO)C(=S)NC(c1ccccc1)C(C)C. The molecule has 0 spiro atoms. The standard InChI is InChI=1S/C17H28N2OS/c1-4-5-11-19(12-13-20)17(21)18-16(14(2)3)15-9-7-6-8-10-15/h6-10,14,16,20H,4-5,11-13H2,1-3H3,(H,18,21). The molecule has 0 amide bonds. The third-order valence-corrected chi connectivity index (χ3v) is 3.92. The highest BCUT2D eigenvalue weighted by Gasteiger charge is 2.19. The molecule has 1 aromatic rings. The van der Waals surface area contributed by atoms with Crippen LogP contribution in [0.4, 0.5) is 0 Å². The Bertz CT molecular complexity index is 409. The summed E-state index contributed by atoms with van der Waals surface area (Å²) in [6.45, 7) is 8.15. The Morgan fingerprint density at radius 2 is 1.90 bits per heavy atom. The zero-order valence-electron chi connectivity index (χ0n) is 13.4. The molecular formula is C17H28N2OS. The number of hydrogen-bond acceptors (Lipinski definition) is 2. The van der Waals surface area contributed by atoms with Crippen molar-refractivity contribution < 1.29 is 5.11 Å². The molecule has 0 aliphatic carbocycles. The minimum Gasteiger partial charge on any atom is -0.395 e. The fourth-order valence-electron chi connectivity index (χ4n) is 2.30. The summed E-state index contributed by atoms with van der Waals surface area (Å²) in [6.07, 6.45) is 2.20. The Balaban J connectivity index is 2.75. The molecule has 21 heavy (non-hydrogen) atoms. The second-order valence-corrected chi connectivity index (χ2v) is 6.03. The van der Waals surface area contributed by atoms with Gasteiger partial charge in [-0.25, -0.2) is 0 Å². The highest BCUT2D eigenvalue weighted by molar-refractivity contribution is 7.80. The molecular weight excluding hydrogens is 280 g/mol. The van der Waals surface area contributed by atoms with Crippen LogP contribution in [0.25, 0.3) is 0 Å². The van der Waals surface area contributed by atoms with Crippen molar-refractivity contribution >= 4 is 17.3 Å². The first-order chi connectivity index (χ1) is 10.1. The largest absolute Gasteiger partial charge is 0.395 e. The Morgan fingerprint density at radius 3 is 2.43 bits per heavy atom.